The molecule has 0 aliphatic rings. The number of benzene rings is 1. The first kappa shape index (κ1) is 20.8. The monoisotopic (exact) mass is 409 g/mol. The van der Waals surface area contributed by atoms with Crippen LogP contribution in [0.5, 0.6) is 0 Å². The lowest BCUT2D eigenvalue weighted by molar-refractivity contribution is 0.271. The Morgan fingerprint density at radius 3 is 2.60 bits per heavy atom. The quantitative estimate of drug-likeness (QED) is 0.453. The minimum Gasteiger partial charge on any atom is -0.388 e. The van der Waals surface area contributed by atoms with Gasteiger partial charge in [0.2, 0.25) is 5.95 Å². The summed E-state index contributed by atoms with van der Waals surface area (Å²) in [7, 11) is 0. The second kappa shape index (κ2) is 9.52. The maximum absolute atomic E-state index is 14.5. The predicted octanol–water partition coefficient (Wildman–Crippen LogP) is 3.62. The third-order valence-corrected chi connectivity index (χ3v) is 3.89. The molecular formula is C20H17F2N7O. The molecule has 0 atom stereocenters. The zero-order valence-corrected chi connectivity index (χ0v) is 15.9. The first-order chi connectivity index (χ1) is 14.5. The van der Waals surface area contributed by atoms with Crippen LogP contribution < -0.4 is 5.32 Å². The lowest BCUT2D eigenvalue weighted by Gasteiger charge is -2.12. The molecule has 152 valence electrons. The molecule has 2 heterocycles. The lowest BCUT2D eigenvalue weighted by atomic mass is 10.0. The predicted molar refractivity (Wildman–Crippen MR) is 109 cm³/mol. The van der Waals surface area contributed by atoms with E-state index in [-0.39, 0.29) is 40.9 Å². The summed E-state index contributed by atoms with van der Waals surface area (Å²) in [6, 6.07) is 5.94. The minimum atomic E-state index is -0.572. The van der Waals surface area contributed by atoms with Gasteiger partial charge in [0.15, 0.2) is 5.82 Å². The smallest absolute Gasteiger partial charge is 0.247 e. The number of nitrogens with one attached hydrogen (secondary N) is 1. The van der Waals surface area contributed by atoms with Gasteiger partial charge in [0.1, 0.15) is 29.6 Å². The summed E-state index contributed by atoms with van der Waals surface area (Å²) in [5.41, 5.74) is 0.713. The van der Waals surface area contributed by atoms with Crippen molar-refractivity contribution < 1.29 is 13.9 Å². The fourth-order valence-electron chi connectivity index (χ4n) is 2.52. The van der Waals surface area contributed by atoms with E-state index in [1.165, 1.54) is 49.8 Å². The molecule has 0 fully saturated rings. The average Bonchev–Trinajstić information content (AvgIpc) is 2.75. The molecule has 0 aliphatic heterocycles. The Morgan fingerprint density at radius 1 is 1.23 bits per heavy atom. The molecule has 0 aliphatic carbocycles. The van der Waals surface area contributed by atoms with Crippen LogP contribution in [0.3, 0.4) is 0 Å². The largest absolute Gasteiger partial charge is 0.388 e. The number of rotatable bonds is 7. The molecule has 3 rings (SSSR count). The van der Waals surface area contributed by atoms with Crippen LogP contribution in [-0.4, -0.2) is 37.0 Å². The van der Waals surface area contributed by atoms with Crippen molar-refractivity contribution >= 4 is 23.9 Å². The number of anilines is 2. The summed E-state index contributed by atoms with van der Waals surface area (Å²) in [6.07, 6.45) is 5.49. The maximum atomic E-state index is 14.5. The number of aliphatic imine (C=N–C) groups is 1. The summed E-state index contributed by atoms with van der Waals surface area (Å²) in [5.74, 6) is -0.850. The second-order valence-electron chi connectivity index (χ2n) is 5.93. The van der Waals surface area contributed by atoms with Crippen LogP contribution in [0.25, 0.3) is 16.8 Å². The number of nitrogens with zero attached hydrogens (tertiary/aromatic N) is 6. The number of hydrogen-bond donors (Lipinski definition) is 2. The molecule has 2 N–H and O–H groups in total. The summed E-state index contributed by atoms with van der Waals surface area (Å²) in [6.45, 7) is 4.26. The fraction of sp³-hybridized carbons (Fsp3) is 0.100. The number of aromatic nitrogens is 5. The van der Waals surface area contributed by atoms with Gasteiger partial charge in [0, 0.05) is 17.3 Å². The number of hydrogen-bond acceptors (Lipinski definition) is 8. The molecule has 8 nitrogen and oxygen atoms in total. The maximum Gasteiger partial charge on any atom is 0.247 e. The molecule has 0 saturated heterocycles. The second-order valence-corrected chi connectivity index (χ2v) is 5.93. The molecular weight excluding hydrogens is 392 g/mol. The van der Waals surface area contributed by atoms with E-state index in [9.17, 15) is 8.78 Å². The van der Waals surface area contributed by atoms with Crippen molar-refractivity contribution in [3.8, 4) is 11.3 Å². The third kappa shape index (κ3) is 4.73. The molecule has 10 heteroatoms. The highest BCUT2D eigenvalue weighted by atomic mass is 19.1. The summed E-state index contributed by atoms with van der Waals surface area (Å²) >= 11 is 0. The van der Waals surface area contributed by atoms with E-state index in [0.717, 1.165) is 0 Å². The molecule has 2 aromatic heterocycles. The number of halogens is 2. The van der Waals surface area contributed by atoms with E-state index in [0.29, 0.717) is 5.69 Å². The molecule has 3 aromatic rings. The van der Waals surface area contributed by atoms with Gasteiger partial charge in [0.05, 0.1) is 18.1 Å². The topological polar surface area (TPSA) is 109 Å². The fourth-order valence-corrected chi connectivity index (χ4v) is 2.52. The Balaban J connectivity index is 2.11. The van der Waals surface area contributed by atoms with Gasteiger partial charge >= 0.3 is 0 Å². The standard InChI is InChI=1S/C20H17F2N7O/c1-12(21)14(7-8-23-2)19-18(15-5-3-4-6-16(15)22)27-20(29-28-19)26-13-9-24-17(11-30)25-10-13/h3-10,30H,2,11H2,1H3,(H,26,27,29)/b8-7-,14-12-. The summed E-state index contributed by atoms with van der Waals surface area (Å²) in [4.78, 5) is 15.8. The van der Waals surface area contributed by atoms with Gasteiger partial charge in [-0.15, -0.1) is 10.2 Å². The molecule has 0 saturated carbocycles. The molecule has 0 spiro atoms. The van der Waals surface area contributed by atoms with E-state index < -0.39 is 11.6 Å². The number of aliphatic hydroxyl groups excluding tert-OH is 1. The van der Waals surface area contributed by atoms with Gasteiger partial charge in [-0.1, -0.05) is 12.1 Å². The zero-order valence-electron chi connectivity index (χ0n) is 15.9. The van der Waals surface area contributed by atoms with Gasteiger partial charge in [-0.25, -0.2) is 23.7 Å². The Morgan fingerprint density at radius 2 is 1.97 bits per heavy atom. The van der Waals surface area contributed by atoms with Gasteiger partial charge < -0.3 is 10.4 Å². The molecule has 0 amide bonds. The van der Waals surface area contributed by atoms with E-state index in [2.05, 4.69) is 42.2 Å². The van der Waals surface area contributed by atoms with Crippen molar-refractivity contribution in [1.82, 2.24) is 25.1 Å². The van der Waals surface area contributed by atoms with Crippen LogP contribution in [0.4, 0.5) is 20.4 Å². The van der Waals surface area contributed by atoms with Crippen molar-refractivity contribution in [1.29, 1.82) is 0 Å². The summed E-state index contributed by atoms with van der Waals surface area (Å²) < 4.78 is 28.7. The normalized spacial score (nSPS) is 12.0. The van der Waals surface area contributed by atoms with E-state index in [1.807, 2.05) is 0 Å². The van der Waals surface area contributed by atoms with Crippen LogP contribution >= 0.6 is 0 Å². The van der Waals surface area contributed by atoms with Crippen molar-refractivity contribution in [2.75, 3.05) is 5.32 Å². The van der Waals surface area contributed by atoms with Crippen molar-refractivity contribution in [2.45, 2.75) is 13.5 Å². The number of aliphatic hydroxyl groups is 1. The van der Waals surface area contributed by atoms with Gasteiger partial charge in [0.25, 0.3) is 0 Å². The van der Waals surface area contributed by atoms with E-state index >= 15 is 0 Å². The highest BCUT2D eigenvalue weighted by Gasteiger charge is 2.19. The molecule has 0 radical (unpaired) electrons. The number of allylic oxidation sites excluding steroid dienone is 3. The molecule has 30 heavy (non-hydrogen) atoms. The van der Waals surface area contributed by atoms with Crippen LogP contribution in [0.2, 0.25) is 0 Å². The molecule has 1 aromatic carbocycles. The van der Waals surface area contributed by atoms with Crippen LogP contribution in [0.1, 0.15) is 18.4 Å². The Labute approximate surface area is 170 Å². The van der Waals surface area contributed by atoms with Crippen molar-refractivity contribution in [3.63, 3.8) is 0 Å². The lowest BCUT2D eigenvalue weighted by Crippen LogP contribution is -2.07. The zero-order chi connectivity index (χ0) is 21.5. The van der Waals surface area contributed by atoms with Crippen LogP contribution in [0.15, 0.2) is 59.8 Å². The van der Waals surface area contributed by atoms with E-state index in [4.69, 9.17) is 5.11 Å². The minimum absolute atomic E-state index is 0.0269. The highest BCUT2D eigenvalue weighted by Crippen LogP contribution is 2.31. The summed E-state index contributed by atoms with van der Waals surface area (Å²) in [5, 5.41) is 19.9. The van der Waals surface area contributed by atoms with Crippen LogP contribution in [-0.2, 0) is 6.61 Å². The Kier molecular flexibility index (Phi) is 6.60. The van der Waals surface area contributed by atoms with Crippen LogP contribution in [0, 0.1) is 5.82 Å². The van der Waals surface area contributed by atoms with Crippen molar-refractivity contribution in [3.05, 3.63) is 72.1 Å². The Hall–Kier alpha value is -3.92. The first-order valence-corrected chi connectivity index (χ1v) is 8.71. The average molecular weight is 409 g/mol. The van der Waals surface area contributed by atoms with Crippen molar-refractivity contribution in [2.24, 2.45) is 4.99 Å². The third-order valence-electron chi connectivity index (χ3n) is 3.89. The highest BCUT2D eigenvalue weighted by molar-refractivity contribution is 5.82. The SMILES string of the molecule is C=N/C=C\C(=C(/C)F)c1nnc(Nc2cnc(CO)nc2)nc1-c1ccccc1F. The first-order valence-electron chi connectivity index (χ1n) is 8.71. The molecule has 0 unspecified atom stereocenters. The van der Waals surface area contributed by atoms with Gasteiger partial charge in [-0.3, -0.25) is 4.99 Å². The molecule has 0 bridgehead atoms. The van der Waals surface area contributed by atoms with E-state index in [1.54, 1.807) is 6.07 Å². The Bertz CT molecular complexity index is 1110. The van der Waals surface area contributed by atoms with Gasteiger partial charge in [-0.05, 0) is 31.9 Å². The van der Waals surface area contributed by atoms with Gasteiger partial charge in [-0.2, -0.15) is 0 Å².